The van der Waals surface area contributed by atoms with Crippen LogP contribution in [0, 0.1) is 16.7 Å². The fraction of sp³-hybridized carbons (Fsp3) is 0.360. The van der Waals surface area contributed by atoms with Crippen LogP contribution in [0.3, 0.4) is 0 Å². The lowest BCUT2D eigenvalue weighted by Crippen LogP contribution is -2.42. The van der Waals surface area contributed by atoms with Crippen LogP contribution in [0.25, 0.3) is 11.1 Å². The Hall–Kier alpha value is -3.10. The molecule has 1 aromatic carbocycles. The minimum Gasteiger partial charge on any atom is -0.383 e. The average Bonchev–Trinajstić information content (AvgIpc) is 3.55. The van der Waals surface area contributed by atoms with Crippen molar-refractivity contribution in [2.75, 3.05) is 0 Å². The van der Waals surface area contributed by atoms with Crippen LogP contribution in [-0.4, -0.2) is 20.1 Å². The number of hydrogen-bond acceptors (Lipinski definition) is 5. The van der Waals surface area contributed by atoms with Gasteiger partial charge in [0.2, 0.25) is 0 Å². The van der Waals surface area contributed by atoms with Gasteiger partial charge in [-0.3, -0.25) is 4.98 Å². The number of rotatable bonds is 5. The molecule has 0 bridgehead atoms. The van der Waals surface area contributed by atoms with Crippen LogP contribution in [0.15, 0.2) is 61.3 Å². The number of nitrogens with zero attached hydrogens (tertiary/aromatic N) is 4. The van der Waals surface area contributed by atoms with Crippen LogP contribution in [0.5, 0.6) is 0 Å². The molecule has 5 nitrogen and oxygen atoms in total. The molecule has 2 aromatic heterocycles. The van der Waals surface area contributed by atoms with E-state index in [1.54, 1.807) is 18.6 Å². The van der Waals surface area contributed by atoms with Gasteiger partial charge in [0.15, 0.2) is 0 Å². The molecule has 4 rings (SSSR count). The molecule has 0 amide bonds. The van der Waals surface area contributed by atoms with Gasteiger partial charge < -0.3 is 5.11 Å². The van der Waals surface area contributed by atoms with Crippen LogP contribution in [0.1, 0.15) is 50.4 Å². The van der Waals surface area contributed by atoms with Crippen molar-refractivity contribution in [3.8, 4) is 17.2 Å². The largest absolute Gasteiger partial charge is 0.383 e. The predicted octanol–water partition coefficient (Wildman–Crippen LogP) is 4.57. The molecule has 1 saturated carbocycles. The highest BCUT2D eigenvalue weighted by molar-refractivity contribution is 5.63. The Bertz CT molecular complexity index is 1060. The zero-order valence-corrected chi connectivity index (χ0v) is 17.6. The lowest BCUT2D eigenvalue weighted by atomic mass is 9.71. The SMILES string of the molecule is CC(C)(C)C(O)(Cc1cncnc1)c1ccc(-c2ccc(C3(C#N)CC3)cc2)cn1. The van der Waals surface area contributed by atoms with E-state index in [0.29, 0.717) is 12.1 Å². The third-order valence-electron chi connectivity index (χ3n) is 6.24. The van der Waals surface area contributed by atoms with Gasteiger partial charge in [-0.2, -0.15) is 5.26 Å². The van der Waals surface area contributed by atoms with Crippen molar-refractivity contribution in [3.05, 3.63) is 78.1 Å². The van der Waals surface area contributed by atoms with Crippen LogP contribution in [0.2, 0.25) is 0 Å². The Balaban J connectivity index is 1.62. The Labute approximate surface area is 177 Å². The summed E-state index contributed by atoms with van der Waals surface area (Å²) >= 11 is 0. The number of pyridine rings is 1. The second-order valence-corrected chi connectivity index (χ2v) is 9.24. The van der Waals surface area contributed by atoms with Crippen molar-refractivity contribution < 1.29 is 5.11 Å². The van der Waals surface area contributed by atoms with E-state index in [-0.39, 0.29) is 5.41 Å². The molecule has 1 fully saturated rings. The minimum atomic E-state index is -1.16. The maximum absolute atomic E-state index is 11.6. The summed E-state index contributed by atoms with van der Waals surface area (Å²) in [6, 6.07) is 14.5. The van der Waals surface area contributed by atoms with Crippen LogP contribution in [-0.2, 0) is 17.4 Å². The van der Waals surface area contributed by atoms with Crippen LogP contribution >= 0.6 is 0 Å². The fourth-order valence-corrected chi connectivity index (χ4v) is 3.84. The highest BCUT2D eigenvalue weighted by Gasteiger charge is 2.45. The lowest BCUT2D eigenvalue weighted by Gasteiger charge is -2.40. The number of aliphatic hydroxyl groups is 1. The fourth-order valence-electron chi connectivity index (χ4n) is 3.84. The van der Waals surface area contributed by atoms with Crippen molar-refractivity contribution in [1.29, 1.82) is 5.26 Å². The zero-order chi connectivity index (χ0) is 21.4. The zero-order valence-electron chi connectivity index (χ0n) is 17.6. The van der Waals surface area contributed by atoms with E-state index in [9.17, 15) is 10.4 Å². The summed E-state index contributed by atoms with van der Waals surface area (Å²) in [7, 11) is 0. The second kappa shape index (κ2) is 7.30. The maximum Gasteiger partial charge on any atom is 0.115 e. The van der Waals surface area contributed by atoms with E-state index < -0.39 is 11.0 Å². The topological polar surface area (TPSA) is 82.7 Å². The van der Waals surface area contributed by atoms with Gasteiger partial charge in [0.1, 0.15) is 11.9 Å². The Morgan fingerprint density at radius 3 is 2.10 bits per heavy atom. The summed E-state index contributed by atoms with van der Waals surface area (Å²) in [6.07, 6.45) is 9.02. The number of benzene rings is 1. The number of nitriles is 1. The maximum atomic E-state index is 11.6. The molecule has 0 radical (unpaired) electrons. The van der Waals surface area contributed by atoms with Crippen molar-refractivity contribution in [1.82, 2.24) is 15.0 Å². The predicted molar refractivity (Wildman–Crippen MR) is 115 cm³/mol. The van der Waals surface area contributed by atoms with Gasteiger partial charge in [-0.25, -0.2) is 9.97 Å². The number of aromatic nitrogens is 3. The van der Waals surface area contributed by atoms with Crippen molar-refractivity contribution in [2.45, 2.75) is 51.0 Å². The normalized spacial score (nSPS) is 17.0. The van der Waals surface area contributed by atoms with Gasteiger partial charge in [-0.05, 0) is 41.0 Å². The molecule has 30 heavy (non-hydrogen) atoms. The van der Waals surface area contributed by atoms with Gasteiger partial charge in [-0.15, -0.1) is 0 Å². The molecule has 0 saturated heterocycles. The first-order valence-electron chi connectivity index (χ1n) is 10.2. The molecule has 1 N–H and O–H groups in total. The molecule has 1 aliphatic rings. The van der Waals surface area contributed by atoms with Crippen molar-refractivity contribution >= 4 is 0 Å². The molecule has 0 aliphatic heterocycles. The molecule has 3 aromatic rings. The molecular weight excluding hydrogens is 372 g/mol. The smallest absolute Gasteiger partial charge is 0.115 e. The van der Waals surface area contributed by atoms with Crippen molar-refractivity contribution in [3.63, 3.8) is 0 Å². The third kappa shape index (κ3) is 3.59. The van der Waals surface area contributed by atoms with Crippen LogP contribution in [0.4, 0.5) is 0 Å². The lowest BCUT2D eigenvalue weighted by molar-refractivity contribution is -0.0676. The molecular formula is C25H26N4O. The summed E-state index contributed by atoms with van der Waals surface area (Å²) in [5.74, 6) is 0. The molecule has 152 valence electrons. The molecule has 5 heteroatoms. The Morgan fingerprint density at radius 2 is 1.60 bits per heavy atom. The Kier molecular flexibility index (Phi) is 4.91. The van der Waals surface area contributed by atoms with E-state index in [2.05, 4.69) is 21.0 Å². The summed E-state index contributed by atoms with van der Waals surface area (Å²) in [6.45, 7) is 6.02. The molecule has 1 aliphatic carbocycles. The van der Waals surface area contributed by atoms with Crippen LogP contribution < -0.4 is 0 Å². The van der Waals surface area contributed by atoms with E-state index >= 15 is 0 Å². The average molecular weight is 399 g/mol. The Morgan fingerprint density at radius 1 is 0.967 bits per heavy atom. The first-order valence-corrected chi connectivity index (χ1v) is 10.2. The number of hydrogen-bond donors (Lipinski definition) is 1. The quantitative estimate of drug-likeness (QED) is 0.681. The molecule has 0 spiro atoms. The van der Waals surface area contributed by atoms with Crippen molar-refractivity contribution in [2.24, 2.45) is 5.41 Å². The summed E-state index contributed by atoms with van der Waals surface area (Å²) in [5.41, 5.74) is 2.73. The molecule has 1 atom stereocenters. The van der Waals surface area contributed by atoms with E-state index in [0.717, 1.165) is 35.1 Å². The first-order chi connectivity index (χ1) is 14.3. The highest BCUT2D eigenvalue weighted by atomic mass is 16.3. The van der Waals surface area contributed by atoms with Gasteiger partial charge in [0, 0.05) is 30.6 Å². The summed E-state index contributed by atoms with van der Waals surface area (Å²) in [5, 5.41) is 21.0. The summed E-state index contributed by atoms with van der Waals surface area (Å²) in [4.78, 5) is 12.8. The minimum absolute atomic E-state index is 0.273. The van der Waals surface area contributed by atoms with Gasteiger partial charge in [-0.1, -0.05) is 51.1 Å². The summed E-state index contributed by atoms with van der Waals surface area (Å²) < 4.78 is 0. The first kappa shape index (κ1) is 20.2. The molecule has 2 heterocycles. The second-order valence-electron chi connectivity index (χ2n) is 9.24. The standard InChI is InChI=1S/C25H26N4O/c1-23(2,3)25(30,12-18-13-27-17-28-14-18)22-9-6-20(15-29-22)19-4-7-21(8-5-19)24(16-26)10-11-24/h4-9,13-15,17,30H,10-12H2,1-3H3. The molecule has 1 unspecified atom stereocenters. The van der Waals surface area contributed by atoms with E-state index in [4.69, 9.17) is 0 Å². The van der Waals surface area contributed by atoms with E-state index in [1.807, 2.05) is 57.2 Å². The highest BCUT2D eigenvalue weighted by Crippen LogP contribution is 2.47. The van der Waals surface area contributed by atoms with E-state index in [1.165, 1.54) is 6.33 Å². The third-order valence-corrected chi connectivity index (χ3v) is 6.24. The monoisotopic (exact) mass is 398 g/mol. The van der Waals surface area contributed by atoms with Gasteiger partial charge in [0.05, 0.1) is 17.2 Å². The van der Waals surface area contributed by atoms with Gasteiger partial charge in [0.25, 0.3) is 0 Å². The van der Waals surface area contributed by atoms with Gasteiger partial charge >= 0.3 is 0 Å².